The molecule has 1 N–H and O–H groups in total. The van der Waals surface area contributed by atoms with Gasteiger partial charge in [-0.15, -0.1) is 0 Å². The van der Waals surface area contributed by atoms with Crippen molar-refractivity contribution in [3.8, 4) is 11.3 Å². The highest BCUT2D eigenvalue weighted by atomic mass is 127. The summed E-state index contributed by atoms with van der Waals surface area (Å²) in [5, 5.41) is 0. The number of hydrogen-bond donors (Lipinski definition) is 0. The van der Waals surface area contributed by atoms with Crippen LogP contribution in [0.1, 0.15) is 5.56 Å². The van der Waals surface area contributed by atoms with Gasteiger partial charge in [-0.05, 0) is 17.7 Å². The van der Waals surface area contributed by atoms with E-state index in [1.165, 1.54) is 22.5 Å². The van der Waals surface area contributed by atoms with E-state index < -0.39 is 0 Å². The fraction of sp³-hybridized carbons (Fsp3) is 0.154. The number of halogens is 1. The zero-order chi connectivity index (χ0) is 10.3. The molecule has 0 unspecified atom stereocenters. The Hall–Kier alpha value is -1.10. The predicted molar refractivity (Wildman–Crippen MR) is 60.5 cm³/mol. The summed E-state index contributed by atoms with van der Waals surface area (Å²) in [6.45, 7) is 0.987. The number of hydrogen-bond acceptors (Lipinski definition) is 1. The number of rotatable bonds is 0. The van der Waals surface area contributed by atoms with Crippen LogP contribution in [0.2, 0.25) is 0 Å². The third-order valence-corrected chi connectivity index (χ3v) is 2.94. The van der Waals surface area contributed by atoms with Crippen molar-refractivity contribution in [2.24, 2.45) is 0 Å². The van der Waals surface area contributed by atoms with Gasteiger partial charge in [0.2, 0.25) is 5.69 Å². The molecule has 1 aromatic carbocycles. The molecule has 1 aliphatic heterocycles. The average Bonchev–Trinajstić information content (AvgIpc) is 2.30. The van der Waals surface area contributed by atoms with Crippen LogP contribution in [0, 0.1) is 0 Å². The van der Waals surface area contributed by atoms with Crippen LogP contribution >= 0.6 is 0 Å². The summed E-state index contributed by atoms with van der Waals surface area (Å²) in [4.78, 5) is 5.61. The normalized spacial score (nSPS) is 12.4. The Morgan fingerprint density at radius 3 is 2.81 bits per heavy atom. The second-order valence-corrected chi connectivity index (χ2v) is 3.94. The molecule has 0 aliphatic carbocycles. The fourth-order valence-corrected chi connectivity index (χ4v) is 2.20. The molecule has 2 aromatic rings. The molecule has 3 heteroatoms. The zero-order valence-electron chi connectivity index (χ0n) is 9.07. The van der Waals surface area contributed by atoms with Gasteiger partial charge in [-0.3, -0.25) is 0 Å². The lowest BCUT2D eigenvalue weighted by Crippen LogP contribution is -3.00. The fourth-order valence-electron chi connectivity index (χ4n) is 2.20. The van der Waals surface area contributed by atoms with Crippen molar-refractivity contribution in [2.75, 3.05) is 11.9 Å². The lowest BCUT2D eigenvalue weighted by Gasteiger charge is -2.25. The molecule has 2 nitrogen and oxygen atoms in total. The van der Waals surface area contributed by atoms with E-state index in [4.69, 9.17) is 0 Å². The van der Waals surface area contributed by atoms with E-state index >= 15 is 0 Å². The second-order valence-electron chi connectivity index (χ2n) is 3.94. The number of fused-ring (bicyclic) bond motifs is 3. The molecule has 16 heavy (non-hydrogen) atoms. The summed E-state index contributed by atoms with van der Waals surface area (Å²) in [7, 11) is 2.13. The van der Waals surface area contributed by atoms with Gasteiger partial charge in [0.05, 0.1) is 5.56 Å². The second kappa shape index (κ2) is 4.41. The Kier molecular flexibility index (Phi) is 3.14. The highest BCUT2D eigenvalue weighted by Crippen LogP contribution is 2.34. The number of nitrogens with zero attached hydrogens (tertiary/aromatic N) is 1. The molecule has 2 heterocycles. The van der Waals surface area contributed by atoms with Crippen molar-refractivity contribution < 1.29 is 29.0 Å². The van der Waals surface area contributed by atoms with Gasteiger partial charge in [0.25, 0.3) is 0 Å². The van der Waals surface area contributed by atoms with Crippen LogP contribution in [0.15, 0.2) is 42.6 Å². The molecule has 0 spiro atoms. The maximum atomic E-state index is 3.33. The lowest BCUT2D eigenvalue weighted by atomic mass is 9.98. The number of aromatic nitrogens is 1. The first kappa shape index (κ1) is 11.4. The number of nitrogens with one attached hydrogen (secondary N) is 1. The van der Waals surface area contributed by atoms with Crippen LogP contribution in [0.5, 0.6) is 0 Å². The summed E-state index contributed by atoms with van der Waals surface area (Å²) >= 11 is 0. The number of anilines is 1. The summed E-state index contributed by atoms with van der Waals surface area (Å²) in [6, 6.07) is 12.8. The maximum absolute atomic E-state index is 3.33. The van der Waals surface area contributed by atoms with Crippen LogP contribution in [0.4, 0.5) is 5.69 Å². The zero-order valence-corrected chi connectivity index (χ0v) is 11.2. The Morgan fingerprint density at radius 2 is 1.94 bits per heavy atom. The van der Waals surface area contributed by atoms with Gasteiger partial charge in [0, 0.05) is 19.7 Å². The highest BCUT2D eigenvalue weighted by molar-refractivity contribution is 5.77. The van der Waals surface area contributed by atoms with Gasteiger partial charge in [-0.2, -0.15) is 0 Å². The van der Waals surface area contributed by atoms with E-state index in [2.05, 4.69) is 47.3 Å². The monoisotopic (exact) mass is 324 g/mol. The van der Waals surface area contributed by atoms with Crippen molar-refractivity contribution in [2.45, 2.75) is 6.54 Å². The van der Waals surface area contributed by atoms with Gasteiger partial charge in [-0.25, -0.2) is 4.98 Å². The Labute approximate surface area is 112 Å². The van der Waals surface area contributed by atoms with Crippen molar-refractivity contribution >= 4 is 5.69 Å². The SMILES string of the molecule is CN1Cc2ccccc2-c2[nH+]cccc21.[I-]. The molecular formula is C13H13IN2. The van der Waals surface area contributed by atoms with Crippen LogP contribution in [0.3, 0.4) is 0 Å². The third kappa shape index (κ3) is 1.69. The molecule has 82 valence electrons. The van der Waals surface area contributed by atoms with Crippen molar-refractivity contribution in [1.82, 2.24) is 0 Å². The molecule has 0 fully saturated rings. The van der Waals surface area contributed by atoms with Gasteiger partial charge >= 0.3 is 0 Å². The molecule has 1 aliphatic rings. The summed E-state index contributed by atoms with van der Waals surface area (Å²) < 4.78 is 0. The smallest absolute Gasteiger partial charge is 0.234 e. The van der Waals surface area contributed by atoms with Gasteiger partial charge in [-0.1, -0.05) is 18.2 Å². The highest BCUT2D eigenvalue weighted by Gasteiger charge is 2.23. The minimum atomic E-state index is 0. The van der Waals surface area contributed by atoms with E-state index in [0.717, 1.165) is 6.54 Å². The molecule has 0 radical (unpaired) electrons. The molecule has 3 rings (SSSR count). The average molecular weight is 324 g/mol. The molecule has 1 aromatic heterocycles. The third-order valence-electron chi connectivity index (χ3n) is 2.94. The first-order valence-electron chi connectivity index (χ1n) is 5.16. The van der Waals surface area contributed by atoms with E-state index in [1.54, 1.807) is 0 Å². The Morgan fingerprint density at radius 1 is 1.12 bits per heavy atom. The van der Waals surface area contributed by atoms with E-state index in [0.29, 0.717) is 0 Å². The molecule has 0 saturated carbocycles. The first-order valence-corrected chi connectivity index (χ1v) is 5.16. The minimum Gasteiger partial charge on any atom is -1.00 e. The number of pyridine rings is 1. The first-order chi connectivity index (χ1) is 7.36. The summed E-state index contributed by atoms with van der Waals surface area (Å²) in [5.41, 5.74) is 5.21. The van der Waals surface area contributed by atoms with E-state index in [1.807, 2.05) is 12.3 Å². The molecule has 0 amide bonds. The lowest BCUT2D eigenvalue weighted by molar-refractivity contribution is -0.364. The predicted octanol–water partition coefficient (Wildman–Crippen LogP) is -0.878. The van der Waals surface area contributed by atoms with E-state index in [-0.39, 0.29) is 24.0 Å². The Bertz CT molecular complexity index is 511. The van der Waals surface area contributed by atoms with Gasteiger partial charge < -0.3 is 28.9 Å². The van der Waals surface area contributed by atoms with Crippen LogP contribution in [0.25, 0.3) is 11.3 Å². The quantitative estimate of drug-likeness (QED) is 0.576. The number of benzene rings is 1. The topological polar surface area (TPSA) is 17.4 Å². The minimum absolute atomic E-state index is 0. The van der Waals surface area contributed by atoms with Crippen molar-refractivity contribution in [3.63, 3.8) is 0 Å². The number of aromatic amines is 1. The van der Waals surface area contributed by atoms with Crippen molar-refractivity contribution in [3.05, 3.63) is 48.2 Å². The van der Waals surface area contributed by atoms with E-state index in [9.17, 15) is 0 Å². The van der Waals surface area contributed by atoms with Crippen LogP contribution in [-0.2, 0) is 6.54 Å². The number of H-pyrrole nitrogens is 1. The largest absolute Gasteiger partial charge is 1.00 e. The molecule has 0 bridgehead atoms. The summed E-state index contributed by atoms with van der Waals surface area (Å²) in [6.07, 6.45) is 1.98. The van der Waals surface area contributed by atoms with Crippen LogP contribution in [-0.4, -0.2) is 7.05 Å². The van der Waals surface area contributed by atoms with Crippen LogP contribution < -0.4 is 33.9 Å². The molecular weight excluding hydrogens is 311 g/mol. The molecule has 0 atom stereocenters. The summed E-state index contributed by atoms with van der Waals surface area (Å²) in [5.74, 6) is 0. The standard InChI is InChI=1S/C13H12N2.HI/c1-15-9-10-5-2-3-6-11(10)13-12(15)7-4-8-14-13;/h2-8H,9H2,1H3;1H. The molecule has 0 saturated heterocycles. The van der Waals surface area contributed by atoms with Crippen molar-refractivity contribution in [1.29, 1.82) is 0 Å². The van der Waals surface area contributed by atoms with Gasteiger partial charge in [0.1, 0.15) is 5.69 Å². The van der Waals surface area contributed by atoms with Gasteiger partial charge in [0.15, 0.2) is 6.20 Å². The Balaban J connectivity index is 0.000000963. The maximum Gasteiger partial charge on any atom is 0.234 e.